The van der Waals surface area contributed by atoms with Crippen molar-refractivity contribution in [3.8, 4) is 0 Å². The zero-order valence-corrected chi connectivity index (χ0v) is 12.9. The van der Waals surface area contributed by atoms with Crippen LogP contribution in [0.15, 0.2) is 29.2 Å². The number of hydrogen-bond acceptors (Lipinski definition) is 2. The van der Waals surface area contributed by atoms with E-state index >= 15 is 0 Å². The number of benzene rings is 1. The van der Waals surface area contributed by atoms with Crippen molar-refractivity contribution in [1.82, 2.24) is 0 Å². The molecule has 0 spiro atoms. The molecule has 0 aromatic heterocycles. The summed E-state index contributed by atoms with van der Waals surface area (Å²) < 4.78 is 26.6. The molecule has 4 heteroatoms. The van der Waals surface area contributed by atoms with E-state index < -0.39 is 10.8 Å². The Hall–Kier alpha value is -0.740. The third-order valence-corrected chi connectivity index (χ3v) is 6.26. The van der Waals surface area contributed by atoms with Gasteiger partial charge in [0.15, 0.2) is 0 Å². The third kappa shape index (κ3) is 3.47. The first-order chi connectivity index (χ1) is 9.67. The van der Waals surface area contributed by atoms with Crippen molar-refractivity contribution in [3.63, 3.8) is 0 Å². The van der Waals surface area contributed by atoms with Crippen LogP contribution in [0.3, 0.4) is 0 Å². The normalized spacial score (nSPS) is 28.2. The fourth-order valence-electron chi connectivity index (χ4n) is 3.25. The lowest BCUT2D eigenvalue weighted by Crippen LogP contribution is -2.37. The van der Waals surface area contributed by atoms with Gasteiger partial charge in [-0.15, -0.1) is 0 Å². The predicted octanol–water partition coefficient (Wildman–Crippen LogP) is 3.48. The summed E-state index contributed by atoms with van der Waals surface area (Å²) in [5.41, 5.74) is 5.84. The number of nitrogens with two attached hydrogens (primary N) is 1. The van der Waals surface area contributed by atoms with Crippen LogP contribution < -0.4 is 5.73 Å². The molecule has 4 atom stereocenters. The first kappa shape index (κ1) is 15.6. The standard InChI is InChI=1S/C16H24FNOS/c1-2-5-12-8-9-13(11-18)16(10-12)20(19)15-7-4-3-6-14(15)17/h3-4,6-7,12-13,16H,2,5,8-11,18H2,1H3. The van der Waals surface area contributed by atoms with Crippen LogP contribution in [0.25, 0.3) is 0 Å². The van der Waals surface area contributed by atoms with Gasteiger partial charge >= 0.3 is 0 Å². The molecular formula is C16H24FNOS. The van der Waals surface area contributed by atoms with Gasteiger partial charge < -0.3 is 5.73 Å². The third-order valence-electron chi connectivity index (χ3n) is 4.37. The molecule has 0 radical (unpaired) electrons. The van der Waals surface area contributed by atoms with Crippen LogP contribution in [0.5, 0.6) is 0 Å². The molecule has 1 aromatic carbocycles. The summed E-state index contributed by atoms with van der Waals surface area (Å²) >= 11 is 0. The second-order valence-corrected chi connectivity index (χ2v) is 7.37. The van der Waals surface area contributed by atoms with Gasteiger partial charge in [-0.05, 0) is 43.4 Å². The molecule has 0 amide bonds. The monoisotopic (exact) mass is 297 g/mol. The highest BCUT2D eigenvalue weighted by atomic mass is 32.2. The molecule has 20 heavy (non-hydrogen) atoms. The SMILES string of the molecule is CCCC1CCC(CN)C(S(=O)c2ccccc2F)C1. The Labute approximate surface area is 123 Å². The molecule has 1 aliphatic rings. The summed E-state index contributed by atoms with van der Waals surface area (Å²) in [6.07, 6.45) is 5.42. The van der Waals surface area contributed by atoms with Crippen LogP contribution >= 0.6 is 0 Å². The lowest BCUT2D eigenvalue weighted by molar-refractivity contribution is 0.272. The highest BCUT2D eigenvalue weighted by Gasteiger charge is 2.34. The van der Waals surface area contributed by atoms with Gasteiger partial charge in [0.05, 0.1) is 15.7 Å². The molecule has 0 bridgehead atoms. The van der Waals surface area contributed by atoms with Crippen molar-refractivity contribution in [1.29, 1.82) is 0 Å². The highest BCUT2D eigenvalue weighted by molar-refractivity contribution is 7.85. The fraction of sp³-hybridized carbons (Fsp3) is 0.625. The zero-order valence-electron chi connectivity index (χ0n) is 12.1. The zero-order chi connectivity index (χ0) is 14.5. The summed E-state index contributed by atoms with van der Waals surface area (Å²) in [7, 11) is -1.29. The van der Waals surface area contributed by atoms with Crippen molar-refractivity contribution in [3.05, 3.63) is 30.1 Å². The van der Waals surface area contributed by atoms with Gasteiger partial charge in [-0.1, -0.05) is 38.3 Å². The van der Waals surface area contributed by atoms with E-state index in [1.165, 1.54) is 18.9 Å². The summed E-state index contributed by atoms with van der Waals surface area (Å²) in [5.74, 6) is 0.506. The second-order valence-electron chi connectivity index (χ2n) is 5.73. The average Bonchev–Trinajstić information content (AvgIpc) is 2.47. The Morgan fingerprint density at radius 2 is 2.10 bits per heavy atom. The quantitative estimate of drug-likeness (QED) is 0.904. The second kappa shape index (κ2) is 7.32. The van der Waals surface area contributed by atoms with Gasteiger partial charge in [-0.25, -0.2) is 4.39 Å². The van der Waals surface area contributed by atoms with E-state index in [0.717, 1.165) is 19.3 Å². The van der Waals surface area contributed by atoms with E-state index in [1.807, 2.05) is 0 Å². The molecule has 1 saturated carbocycles. The molecular weight excluding hydrogens is 273 g/mol. The molecule has 0 saturated heterocycles. The van der Waals surface area contributed by atoms with Crippen LogP contribution in [0.4, 0.5) is 4.39 Å². The summed E-state index contributed by atoms with van der Waals surface area (Å²) in [4.78, 5) is 0.341. The maximum Gasteiger partial charge on any atom is 0.139 e. The Morgan fingerprint density at radius 3 is 2.75 bits per heavy atom. The molecule has 0 heterocycles. The van der Waals surface area contributed by atoms with Gasteiger partial charge in [0, 0.05) is 5.25 Å². The molecule has 1 aliphatic carbocycles. The molecule has 112 valence electrons. The fourth-order valence-corrected chi connectivity index (χ4v) is 5.09. The van der Waals surface area contributed by atoms with E-state index in [1.54, 1.807) is 18.2 Å². The van der Waals surface area contributed by atoms with Gasteiger partial charge in [0.25, 0.3) is 0 Å². The van der Waals surface area contributed by atoms with Gasteiger partial charge in [0.1, 0.15) is 5.82 Å². The van der Waals surface area contributed by atoms with Crippen molar-refractivity contribution < 1.29 is 8.60 Å². The first-order valence-electron chi connectivity index (χ1n) is 7.52. The lowest BCUT2D eigenvalue weighted by Gasteiger charge is -2.35. The summed E-state index contributed by atoms with van der Waals surface area (Å²) in [6, 6.07) is 6.41. The van der Waals surface area contributed by atoms with E-state index in [0.29, 0.717) is 17.4 Å². The Kier molecular flexibility index (Phi) is 5.73. The maximum absolute atomic E-state index is 13.8. The molecule has 2 N–H and O–H groups in total. The van der Waals surface area contributed by atoms with E-state index in [-0.39, 0.29) is 17.0 Å². The molecule has 2 nitrogen and oxygen atoms in total. The summed E-state index contributed by atoms with van der Waals surface area (Å²) in [5, 5.41) is 0.00204. The van der Waals surface area contributed by atoms with Crippen molar-refractivity contribution in [2.75, 3.05) is 6.54 Å². The van der Waals surface area contributed by atoms with E-state index in [9.17, 15) is 8.60 Å². The predicted molar refractivity (Wildman–Crippen MR) is 81.4 cm³/mol. The minimum absolute atomic E-state index is 0.00204. The molecule has 1 aromatic rings. The van der Waals surface area contributed by atoms with Crippen molar-refractivity contribution >= 4 is 10.8 Å². The largest absolute Gasteiger partial charge is 0.330 e. The number of rotatable bonds is 5. The number of halogens is 1. The topological polar surface area (TPSA) is 43.1 Å². The Bertz CT molecular complexity index is 466. The molecule has 1 fully saturated rings. The highest BCUT2D eigenvalue weighted by Crippen LogP contribution is 2.36. The maximum atomic E-state index is 13.8. The van der Waals surface area contributed by atoms with Gasteiger partial charge in [-0.2, -0.15) is 0 Å². The van der Waals surface area contributed by atoms with E-state index in [2.05, 4.69) is 6.92 Å². The smallest absolute Gasteiger partial charge is 0.139 e. The molecule has 0 aliphatic heterocycles. The number of hydrogen-bond donors (Lipinski definition) is 1. The van der Waals surface area contributed by atoms with Crippen LogP contribution in [0.2, 0.25) is 0 Å². The van der Waals surface area contributed by atoms with E-state index in [4.69, 9.17) is 5.73 Å². The van der Waals surface area contributed by atoms with Crippen LogP contribution in [0.1, 0.15) is 39.0 Å². The minimum atomic E-state index is -1.29. The van der Waals surface area contributed by atoms with Crippen molar-refractivity contribution in [2.45, 2.75) is 49.2 Å². The Morgan fingerprint density at radius 1 is 1.35 bits per heavy atom. The Balaban J connectivity index is 2.18. The van der Waals surface area contributed by atoms with Crippen molar-refractivity contribution in [2.24, 2.45) is 17.6 Å². The van der Waals surface area contributed by atoms with Gasteiger partial charge in [0.2, 0.25) is 0 Å². The van der Waals surface area contributed by atoms with Crippen LogP contribution in [0, 0.1) is 17.7 Å². The molecule has 4 unspecified atom stereocenters. The summed E-state index contributed by atoms with van der Waals surface area (Å²) in [6.45, 7) is 2.72. The first-order valence-corrected chi connectivity index (χ1v) is 8.73. The van der Waals surface area contributed by atoms with Gasteiger partial charge in [-0.3, -0.25) is 4.21 Å². The van der Waals surface area contributed by atoms with Crippen LogP contribution in [-0.2, 0) is 10.8 Å². The molecule has 2 rings (SSSR count). The van der Waals surface area contributed by atoms with Crippen LogP contribution in [-0.4, -0.2) is 16.0 Å². The lowest BCUT2D eigenvalue weighted by atomic mass is 9.80. The average molecular weight is 297 g/mol. The minimum Gasteiger partial charge on any atom is -0.330 e.